The fourth-order valence-corrected chi connectivity index (χ4v) is 3.57. The predicted octanol–water partition coefficient (Wildman–Crippen LogP) is 1.58. The van der Waals surface area contributed by atoms with E-state index < -0.39 is 0 Å². The Bertz CT molecular complexity index is 367. The van der Waals surface area contributed by atoms with E-state index in [9.17, 15) is 0 Å². The standard InChI is InChI=1S/C14H22N4/c1-15-12-7-13-3-2-4-14(8-12)18(13)9-11-5-6-16-10-17-11/h5-6,10,12-15H,2-4,7-9H2,1H3. The van der Waals surface area contributed by atoms with E-state index in [2.05, 4.69) is 27.2 Å². The molecule has 2 saturated heterocycles. The predicted molar refractivity (Wildman–Crippen MR) is 71.1 cm³/mol. The molecule has 0 aromatic carbocycles. The monoisotopic (exact) mass is 246 g/mol. The number of piperidine rings is 2. The van der Waals surface area contributed by atoms with Crippen LogP contribution in [-0.2, 0) is 6.54 Å². The second-order valence-electron chi connectivity index (χ2n) is 5.57. The molecule has 4 nitrogen and oxygen atoms in total. The van der Waals surface area contributed by atoms with Crippen molar-refractivity contribution in [1.29, 1.82) is 0 Å². The van der Waals surface area contributed by atoms with Gasteiger partial charge in [-0.2, -0.15) is 0 Å². The molecule has 1 aromatic rings. The maximum atomic E-state index is 4.37. The summed E-state index contributed by atoms with van der Waals surface area (Å²) in [5, 5.41) is 3.46. The number of hydrogen-bond donors (Lipinski definition) is 1. The van der Waals surface area contributed by atoms with Crippen LogP contribution < -0.4 is 5.32 Å². The molecule has 2 atom stereocenters. The smallest absolute Gasteiger partial charge is 0.115 e. The average Bonchev–Trinajstić information content (AvgIpc) is 2.39. The van der Waals surface area contributed by atoms with Crippen LogP contribution in [0.5, 0.6) is 0 Å². The molecule has 2 fully saturated rings. The van der Waals surface area contributed by atoms with E-state index in [-0.39, 0.29) is 0 Å². The van der Waals surface area contributed by atoms with Gasteiger partial charge in [-0.25, -0.2) is 9.97 Å². The van der Waals surface area contributed by atoms with Gasteiger partial charge >= 0.3 is 0 Å². The van der Waals surface area contributed by atoms with Crippen LogP contribution in [0.2, 0.25) is 0 Å². The van der Waals surface area contributed by atoms with E-state index in [1.54, 1.807) is 6.33 Å². The van der Waals surface area contributed by atoms with Gasteiger partial charge in [0.1, 0.15) is 6.33 Å². The van der Waals surface area contributed by atoms with Gasteiger partial charge in [-0.15, -0.1) is 0 Å². The lowest BCUT2D eigenvalue weighted by molar-refractivity contribution is 0.0180. The number of nitrogens with zero attached hydrogens (tertiary/aromatic N) is 3. The van der Waals surface area contributed by atoms with Crippen molar-refractivity contribution in [2.45, 2.75) is 56.8 Å². The molecule has 2 aliphatic heterocycles. The highest BCUT2D eigenvalue weighted by Crippen LogP contribution is 2.34. The second-order valence-corrected chi connectivity index (χ2v) is 5.57. The Balaban J connectivity index is 1.72. The summed E-state index contributed by atoms with van der Waals surface area (Å²) in [6.45, 7) is 0.994. The summed E-state index contributed by atoms with van der Waals surface area (Å²) in [6.07, 6.45) is 10.2. The molecular formula is C14H22N4. The fraction of sp³-hybridized carbons (Fsp3) is 0.714. The molecule has 0 amide bonds. The maximum absolute atomic E-state index is 4.37. The Hall–Kier alpha value is -1.00. The lowest BCUT2D eigenvalue weighted by atomic mass is 9.81. The minimum Gasteiger partial charge on any atom is -0.317 e. The summed E-state index contributed by atoms with van der Waals surface area (Å²) in [7, 11) is 2.10. The Morgan fingerprint density at radius 3 is 2.72 bits per heavy atom. The summed E-state index contributed by atoms with van der Waals surface area (Å²) in [4.78, 5) is 11.0. The van der Waals surface area contributed by atoms with Crippen LogP contribution in [0.4, 0.5) is 0 Å². The number of nitrogens with one attached hydrogen (secondary N) is 1. The summed E-state index contributed by atoms with van der Waals surface area (Å²) in [5.74, 6) is 0. The Kier molecular flexibility index (Phi) is 3.57. The fourth-order valence-electron chi connectivity index (χ4n) is 3.57. The number of rotatable bonds is 3. The zero-order valence-corrected chi connectivity index (χ0v) is 11.0. The largest absolute Gasteiger partial charge is 0.317 e. The topological polar surface area (TPSA) is 41.0 Å². The van der Waals surface area contributed by atoms with E-state index >= 15 is 0 Å². The van der Waals surface area contributed by atoms with Crippen molar-refractivity contribution in [3.05, 3.63) is 24.3 Å². The van der Waals surface area contributed by atoms with Gasteiger partial charge in [0, 0.05) is 30.9 Å². The van der Waals surface area contributed by atoms with E-state index in [0.29, 0.717) is 6.04 Å². The molecule has 98 valence electrons. The molecule has 3 rings (SSSR count). The van der Waals surface area contributed by atoms with Crippen molar-refractivity contribution < 1.29 is 0 Å². The summed E-state index contributed by atoms with van der Waals surface area (Å²) >= 11 is 0. The second kappa shape index (κ2) is 5.33. The molecule has 18 heavy (non-hydrogen) atoms. The minimum absolute atomic E-state index is 0.710. The first-order valence-electron chi connectivity index (χ1n) is 7.04. The van der Waals surface area contributed by atoms with Crippen LogP contribution in [0.1, 0.15) is 37.8 Å². The highest BCUT2D eigenvalue weighted by Gasteiger charge is 2.37. The molecule has 2 aliphatic rings. The Morgan fingerprint density at radius 2 is 2.11 bits per heavy atom. The van der Waals surface area contributed by atoms with Crippen molar-refractivity contribution in [1.82, 2.24) is 20.2 Å². The van der Waals surface area contributed by atoms with E-state index in [1.807, 2.05) is 12.3 Å². The van der Waals surface area contributed by atoms with Crippen molar-refractivity contribution in [3.63, 3.8) is 0 Å². The molecule has 3 heterocycles. The van der Waals surface area contributed by atoms with Gasteiger partial charge in [-0.3, -0.25) is 4.90 Å². The molecule has 0 saturated carbocycles. The lowest BCUT2D eigenvalue weighted by Crippen LogP contribution is -2.55. The number of hydrogen-bond acceptors (Lipinski definition) is 4. The van der Waals surface area contributed by atoms with Crippen LogP contribution in [0.15, 0.2) is 18.6 Å². The number of fused-ring (bicyclic) bond motifs is 2. The van der Waals surface area contributed by atoms with Crippen LogP contribution in [-0.4, -0.2) is 40.0 Å². The van der Waals surface area contributed by atoms with Crippen molar-refractivity contribution in [2.75, 3.05) is 7.05 Å². The molecule has 1 aromatic heterocycles. The summed E-state index contributed by atoms with van der Waals surface area (Å²) in [6, 6.07) is 4.23. The van der Waals surface area contributed by atoms with Crippen molar-refractivity contribution >= 4 is 0 Å². The zero-order valence-electron chi connectivity index (χ0n) is 11.0. The van der Waals surface area contributed by atoms with Crippen LogP contribution in [0.3, 0.4) is 0 Å². The molecule has 0 aliphatic carbocycles. The van der Waals surface area contributed by atoms with Crippen LogP contribution in [0, 0.1) is 0 Å². The highest BCUT2D eigenvalue weighted by atomic mass is 15.2. The summed E-state index contributed by atoms with van der Waals surface area (Å²) in [5.41, 5.74) is 1.16. The molecular weight excluding hydrogens is 224 g/mol. The maximum Gasteiger partial charge on any atom is 0.115 e. The molecule has 0 spiro atoms. The first kappa shape index (κ1) is 12.1. The Morgan fingerprint density at radius 1 is 1.33 bits per heavy atom. The molecule has 0 radical (unpaired) electrons. The van der Waals surface area contributed by atoms with E-state index in [4.69, 9.17) is 0 Å². The van der Waals surface area contributed by atoms with Crippen molar-refractivity contribution in [3.8, 4) is 0 Å². The van der Waals surface area contributed by atoms with Crippen LogP contribution >= 0.6 is 0 Å². The Labute approximate surface area is 109 Å². The third-order valence-corrected chi connectivity index (χ3v) is 4.52. The first-order valence-corrected chi connectivity index (χ1v) is 7.04. The number of aromatic nitrogens is 2. The quantitative estimate of drug-likeness (QED) is 0.879. The SMILES string of the molecule is CNC1CC2CCCC(C1)N2Cc1ccncn1. The third kappa shape index (κ3) is 2.40. The van der Waals surface area contributed by atoms with Crippen molar-refractivity contribution in [2.24, 2.45) is 0 Å². The van der Waals surface area contributed by atoms with Gasteiger partial charge in [-0.1, -0.05) is 6.42 Å². The molecule has 2 bridgehead atoms. The third-order valence-electron chi connectivity index (χ3n) is 4.52. The van der Waals surface area contributed by atoms with Gasteiger partial charge < -0.3 is 5.32 Å². The first-order chi connectivity index (χ1) is 8.86. The molecule has 1 N–H and O–H groups in total. The average molecular weight is 246 g/mol. The van der Waals surface area contributed by atoms with Gasteiger partial charge in [0.15, 0.2) is 0 Å². The zero-order chi connectivity index (χ0) is 12.4. The van der Waals surface area contributed by atoms with Gasteiger partial charge in [0.05, 0.1) is 5.69 Å². The molecule has 2 unspecified atom stereocenters. The lowest BCUT2D eigenvalue weighted by Gasteiger charge is -2.48. The van der Waals surface area contributed by atoms with E-state index in [1.165, 1.54) is 32.1 Å². The van der Waals surface area contributed by atoms with E-state index in [0.717, 1.165) is 24.3 Å². The summed E-state index contributed by atoms with van der Waals surface area (Å²) < 4.78 is 0. The van der Waals surface area contributed by atoms with Gasteiger partial charge in [-0.05, 0) is 38.8 Å². The van der Waals surface area contributed by atoms with Gasteiger partial charge in [0.2, 0.25) is 0 Å². The highest BCUT2D eigenvalue weighted by molar-refractivity contribution is 5.02. The molecule has 4 heteroatoms. The minimum atomic E-state index is 0.710. The van der Waals surface area contributed by atoms with Gasteiger partial charge in [0.25, 0.3) is 0 Å². The normalized spacial score (nSPS) is 32.4. The van der Waals surface area contributed by atoms with Crippen LogP contribution in [0.25, 0.3) is 0 Å².